The molecular formula is C11H22N2O3. The average Bonchev–Trinajstić information content (AvgIpc) is 2.36. The third-order valence-corrected chi connectivity index (χ3v) is 3.39. The van der Waals surface area contributed by atoms with Gasteiger partial charge in [-0.1, -0.05) is 13.8 Å². The number of morpholine rings is 1. The molecule has 1 amide bonds. The van der Waals surface area contributed by atoms with Gasteiger partial charge in [-0.3, -0.25) is 4.79 Å². The zero-order chi connectivity index (χ0) is 12.2. The van der Waals surface area contributed by atoms with Crippen LogP contribution in [0.25, 0.3) is 0 Å². The minimum atomic E-state index is -0.801. The van der Waals surface area contributed by atoms with E-state index in [2.05, 4.69) is 0 Å². The lowest BCUT2D eigenvalue weighted by Gasteiger charge is -2.39. The quantitative estimate of drug-likeness (QED) is 0.696. The number of ether oxygens (including phenoxy) is 1. The van der Waals surface area contributed by atoms with Gasteiger partial charge >= 0.3 is 0 Å². The van der Waals surface area contributed by atoms with Crippen LogP contribution in [-0.4, -0.2) is 53.9 Å². The van der Waals surface area contributed by atoms with E-state index in [9.17, 15) is 9.90 Å². The first-order valence-corrected chi connectivity index (χ1v) is 5.87. The van der Waals surface area contributed by atoms with Crippen LogP contribution >= 0.6 is 0 Å². The van der Waals surface area contributed by atoms with E-state index in [0.717, 1.165) is 0 Å². The van der Waals surface area contributed by atoms with Gasteiger partial charge in [0.15, 0.2) is 0 Å². The molecule has 0 aromatic heterocycles. The van der Waals surface area contributed by atoms with Crippen LogP contribution in [0.1, 0.15) is 26.7 Å². The number of rotatable bonds is 4. The maximum absolute atomic E-state index is 12.3. The molecule has 0 spiro atoms. The number of aliphatic hydroxyl groups excluding tert-OH is 1. The third-order valence-electron chi connectivity index (χ3n) is 3.39. The molecule has 1 aliphatic rings. The van der Waals surface area contributed by atoms with Gasteiger partial charge in [-0.2, -0.15) is 0 Å². The third kappa shape index (κ3) is 2.53. The maximum Gasteiger partial charge on any atom is 0.243 e. The van der Waals surface area contributed by atoms with Gasteiger partial charge in [0.1, 0.15) is 0 Å². The fourth-order valence-corrected chi connectivity index (χ4v) is 1.91. The first-order chi connectivity index (χ1) is 7.59. The first-order valence-electron chi connectivity index (χ1n) is 5.87. The minimum absolute atomic E-state index is 0.0696. The molecular weight excluding hydrogens is 208 g/mol. The Morgan fingerprint density at radius 1 is 1.56 bits per heavy atom. The van der Waals surface area contributed by atoms with Crippen LogP contribution in [0.2, 0.25) is 0 Å². The SMILES string of the molecule is CCC(N)(CC)C(=O)N1CCOCC1CO. The predicted molar refractivity (Wildman–Crippen MR) is 60.9 cm³/mol. The summed E-state index contributed by atoms with van der Waals surface area (Å²) in [5, 5.41) is 9.21. The van der Waals surface area contributed by atoms with Crippen molar-refractivity contribution in [1.82, 2.24) is 4.90 Å². The van der Waals surface area contributed by atoms with Crippen LogP contribution in [0.3, 0.4) is 0 Å². The monoisotopic (exact) mass is 230 g/mol. The second kappa shape index (κ2) is 5.61. The van der Waals surface area contributed by atoms with Crippen molar-refractivity contribution >= 4 is 5.91 Å². The van der Waals surface area contributed by atoms with Crippen molar-refractivity contribution in [3.63, 3.8) is 0 Å². The molecule has 1 heterocycles. The summed E-state index contributed by atoms with van der Waals surface area (Å²) in [6.07, 6.45) is 1.22. The van der Waals surface area contributed by atoms with Gasteiger partial charge in [0.05, 0.1) is 31.4 Å². The molecule has 1 rings (SSSR count). The summed E-state index contributed by atoms with van der Waals surface area (Å²) in [5.74, 6) is -0.0696. The van der Waals surface area contributed by atoms with Gasteiger partial charge in [0, 0.05) is 6.54 Å². The Morgan fingerprint density at radius 2 is 2.19 bits per heavy atom. The normalized spacial score (nSPS) is 22.2. The number of hydrogen-bond donors (Lipinski definition) is 2. The number of nitrogens with zero attached hydrogens (tertiary/aromatic N) is 1. The second-order valence-corrected chi connectivity index (χ2v) is 4.27. The average molecular weight is 230 g/mol. The molecule has 1 saturated heterocycles. The first kappa shape index (κ1) is 13.4. The summed E-state index contributed by atoms with van der Waals surface area (Å²) < 4.78 is 5.24. The maximum atomic E-state index is 12.3. The minimum Gasteiger partial charge on any atom is -0.394 e. The zero-order valence-corrected chi connectivity index (χ0v) is 10.1. The molecule has 0 saturated carbocycles. The van der Waals surface area contributed by atoms with E-state index in [1.165, 1.54) is 0 Å². The highest BCUT2D eigenvalue weighted by atomic mass is 16.5. The summed E-state index contributed by atoms with van der Waals surface area (Å²) in [7, 11) is 0. The highest BCUT2D eigenvalue weighted by molar-refractivity contribution is 5.86. The molecule has 5 heteroatoms. The molecule has 94 valence electrons. The number of carbonyl (C=O) groups excluding carboxylic acids is 1. The molecule has 1 aliphatic heterocycles. The van der Waals surface area contributed by atoms with Crippen molar-refractivity contribution in [1.29, 1.82) is 0 Å². The fourth-order valence-electron chi connectivity index (χ4n) is 1.91. The van der Waals surface area contributed by atoms with E-state index in [1.807, 2.05) is 13.8 Å². The second-order valence-electron chi connectivity index (χ2n) is 4.27. The number of nitrogens with two attached hydrogens (primary N) is 1. The molecule has 1 atom stereocenters. The molecule has 3 N–H and O–H groups in total. The lowest BCUT2D eigenvalue weighted by molar-refractivity contribution is -0.147. The summed E-state index contributed by atoms with van der Waals surface area (Å²) >= 11 is 0. The van der Waals surface area contributed by atoms with Crippen molar-refractivity contribution in [3.05, 3.63) is 0 Å². The van der Waals surface area contributed by atoms with Crippen molar-refractivity contribution in [2.75, 3.05) is 26.4 Å². The van der Waals surface area contributed by atoms with E-state index < -0.39 is 5.54 Å². The fraction of sp³-hybridized carbons (Fsp3) is 0.909. The van der Waals surface area contributed by atoms with E-state index in [1.54, 1.807) is 4.90 Å². The van der Waals surface area contributed by atoms with E-state index in [0.29, 0.717) is 32.6 Å². The number of carbonyl (C=O) groups is 1. The lowest BCUT2D eigenvalue weighted by atomic mass is 9.91. The van der Waals surface area contributed by atoms with Crippen LogP contribution in [0.15, 0.2) is 0 Å². The van der Waals surface area contributed by atoms with Gasteiger partial charge in [-0.25, -0.2) is 0 Å². The topological polar surface area (TPSA) is 75.8 Å². The Labute approximate surface area is 96.6 Å². The standard InChI is InChI=1S/C11H22N2O3/c1-3-11(12,4-2)10(15)13-5-6-16-8-9(13)7-14/h9,14H,3-8,12H2,1-2H3. The molecule has 0 aromatic rings. The molecule has 16 heavy (non-hydrogen) atoms. The van der Waals surface area contributed by atoms with E-state index >= 15 is 0 Å². The van der Waals surface area contributed by atoms with E-state index in [4.69, 9.17) is 10.5 Å². The van der Waals surface area contributed by atoms with Crippen molar-refractivity contribution < 1.29 is 14.6 Å². The predicted octanol–water partition coefficient (Wildman–Crippen LogP) is -0.276. The number of aliphatic hydroxyl groups is 1. The van der Waals surface area contributed by atoms with Crippen LogP contribution < -0.4 is 5.73 Å². The molecule has 0 bridgehead atoms. The number of hydrogen-bond acceptors (Lipinski definition) is 4. The van der Waals surface area contributed by atoms with Gasteiger partial charge in [0.25, 0.3) is 0 Å². The molecule has 1 unspecified atom stereocenters. The summed E-state index contributed by atoms with van der Waals surface area (Å²) in [6.45, 7) is 5.18. The van der Waals surface area contributed by atoms with E-state index in [-0.39, 0.29) is 18.6 Å². The summed E-state index contributed by atoms with van der Waals surface area (Å²) in [4.78, 5) is 13.9. The van der Waals surface area contributed by atoms with Crippen LogP contribution in [0.5, 0.6) is 0 Å². The molecule has 1 fully saturated rings. The summed E-state index contributed by atoms with van der Waals surface area (Å²) in [6, 6.07) is -0.248. The highest BCUT2D eigenvalue weighted by Crippen LogP contribution is 2.18. The molecule has 5 nitrogen and oxygen atoms in total. The largest absolute Gasteiger partial charge is 0.394 e. The van der Waals surface area contributed by atoms with Crippen molar-refractivity contribution in [2.45, 2.75) is 38.3 Å². The van der Waals surface area contributed by atoms with Gasteiger partial charge < -0.3 is 20.5 Å². The molecule has 0 aromatic carbocycles. The summed E-state index contributed by atoms with van der Waals surface area (Å²) in [5.41, 5.74) is 5.27. The zero-order valence-electron chi connectivity index (χ0n) is 10.1. The Hall–Kier alpha value is -0.650. The Morgan fingerprint density at radius 3 is 2.69 bits per heavy atom. The van der Waals surface area contributed by atoms with Gasteiger partial charge in [0.2, 0.25) is 5.91 Å². The highest BCUT2D eigenvalue weighted by Gasteiger charge is 2.38. The smallest absolute Gasteiger partial charge is 0.243 e. The number of amides is 1. The Bertz CT molecular complexity index is 241. The Balaban J connectivity index is 2.77. The molecule has 0 radical (unpaired) electrons. The lowest BCUT2D eigenvalue weighted by Crippen LogP contribution is -2.61. The van der Waals surface area contributed by atoms with Gasteiger partial charge in [-0.15, -0.1) is 0 Å². The van der Waals surface area contributed by atoms with Crippen LogP contribution in [-0.2, 0) is 9.53 Å². The molecule has 0 aliphatic carbocycles. The van der Waals surface area contributed by atoms with Crippen LogP contribution in [0, 0.1) is 0 Å². The Kier molecular flexibility index (Phi) is 4.70. The van der Waals surface area contributed by atoms with Gasteiger partial charge in [-0.05, 0) is 12.8 Å². The van der Waals surface area contributed by atoms with Crippen molar-refractivity contribution in [3.8, 4) is 0 Å². The van der Waals surface area contributed by atoms with Crippen LogP contribution in [0.4, 0.5) is 0 Å². The van der Waals surface area contributed by atoms with Crippen molar-refractivity contribution in [2.24, 2.45) is 5.73 Å².